The van der Waals surface area contributed by atoms with E-state index in [1.165, 1.54) is 7.11 Å². The maximum absolute atomic E-state index is 12.1. The van der Waals surface area contributed by atoms with E-state index in [0.29, 0.717) is 44.6 Å². The number of hydrogen-bond donors (Lipinski definition) is 2. The van der Waals surface area contributed by atoms with Crippen LogP contribution in [-0.2, 0) is 25.5 Å². The number of nitrogens with one attached hydrogen (secondary N) is 1. The molecule has 0 aromatic heterocycles. The molecule has 0 saturated heterocycles. The zero-order valence-corrected chi connectivity index (χ0v) is 17.3. The van der Waals surface area contributed by atoms with Gasteiger partial charge in [0, 0.05) is 26.6 Å². The highest BCUT2D eigenvalue weighted by atomic mass is 16.5. The van der Waals surface area contributed by atoms with Crippen molar-refractivity contribution in [2.45, 2.75) is 38.5 Å². The predicted octanol–water partition coefficient (Wildman–Crippen LogP) is 1.30. The number of amides is 2. The highest BCUT2D eigenvalue weighted by molar-refractivity contribution is 5.85. The Labute approximate surface area is 172 Å². The molecule has 0 aliphatic rings. The van der Waals surface area contributed by atoms with Crippen LogP contribution in [0, 0.1) is 0 Å². The Morgan fingerprint density at radius 2 is 1.93 bits per heavy atom. The molecule has 0 heterocycles. The lowest BCUT2D eigenvalue weighted by atomic mass is 10.1. The van der Waals surface area contributed by atoms with Crippen molar-refractivity contribution in [3.8, 4) is 5.75 Å². The number of rotatable bonds is 14. The van der Waals surface area contributed by atoms with E-state index < -0.39 is 0 Å². The molecule has 8 heteroatoms. The summed E-state index contributed by atoms with van der Waals surface area (Å²) in [5.41, 5.74) is 0.797. The fourth-order valence-corrected chi connectivity index (χ4v) is 2.55. The quantitative estimate of drug-likeness (QED) is 0.355. The molecular weight excluding hydrogens is 376 g/mol. The van der Waals surface area contributed by atoms with E-state index in [9.17, 15) is 14.4 Å². The molecule has 0 fully saturated rings. The van der Waals surface area contributed by atoms with Crippen molar-refractivity contribution in [3.05, 3.63) is 29.8 Å². The molecule has 2 N–H and O–H groups in total. The van der Waals surface area contributed by atoms with Crippen LogP contribution >= 0.6 is 0 Å². The zero-order valence-electron chi connectivity index (χ0n) is 17.3. The van der Waals surface area contributed by atoms with Gasteiger partial charge in [0.05, 0.1) is 26.7 Å². The summed E-state index contributed by atoms with van der Waals surface area (Å²) in [5.74, 6) is -0.00543. The minimum Gasteiger partial charge on any atom is -0.494 e. The summed E-state index contributed by atoms with van der Waals surface area (Å²) in [4.78, 5) is 36.8. The normalized spacial score (nSPS) is 10.3. The van der Waals surface area contributed by atoms with Crippen molar-refractivity contribution in [2.75, 3.05) is 40.5 Å². The van der Waals surface area contributed by atoms with Gasteiger partial charge in [0.1, 0.15) is 5.75 Å². The second kappa shape index (κ2) is 14.4. The van der Waals surface area contributed by atoms with Gasteiger partial charge in [-0.3, -0.25) is 14.4 Å². The van der Waals surface area contributed by atoms with Gasteiger partial charge in [-0.15, -0.1) is 0 Å². The Bertz CT molecular complexity index is 650. The van der Waals surface area contributed by atoms with Gasteiger partial charge in [-0.25, -0.2) is 0 Å². The Balaban J connectivity index is 2.30. The van der Waals surface area contributed by atoms with Crippen LogP contribution < -0.4 is 10.1 Å². The van der Waals surface area contributed by atoms with E-state index in [1.54, 1.807) is 18.0 Å². The number of unbranched alkanes of at least 4 members (excludes halogenated alkanes) is 2. The lowest BCUT2D eigenvalue weighted by Gasteiger charge is -2.17. The maximum Gasteiger partial charge on any atom is 0.305 e. The topological polar surface area (TPSA) is 105 Å². The Hall–Kier alpha value is -2.61. The molecule has 8 nitrogen and oxygen atoms in total. The molecule has 0 aliphatic carbocycles. The first kappa shape index (κ1) is 24.4. The van der Waals surface area contributed by atoms with Crippen molar-refractivity contribution >= 4 is 17.8 Å². The monoisotopic (exact) mass is 408 g/mol. The third-order valence-electron chi connectivity index (χ3n) is 4.30. The average Bonchev–Trinajstić information content (AvgIpc) is 2.72. The maximum atomic E-state index is 12.1. The first-order chi connectivity index (χ1) is 14.0. The highest BCUT2D eigenvalue weighted by Crippen LogP contribution is 2.14. The number of likely N-dealkylation sites (N-methyl/N-ethyl adjacent to an activating group) is 1. The summed E-state index contributed by atoms with van der Waals surface area (Å²) in [6.45, 7) is 1.10. The number of hydrogen-bond acceptors (Lipinski definition) is 6. The highest BCUT2D eigenvalue weighted by Gasteiger charge is 2.11. The Morgan fingerprint density at radius 1 is 1.14 bits per heavy atom. The van der Waals surface area contributed by atoms with Crippen LogP contribution in [0.15, 0.2) is 24.3 Å². The molecule has 1 aromatic carbocycles. The zero-order chi connectivity index (χ0) is 21.5. The smallest absolute Gasteiger partial charge is 0.305 e. The van der Waals surface area contributed by atoms with E-state index in [2.05, 4.69) is 10.1 Å². The number of aliphatic hydroxyl groups excluding tert-OH is 1. The van der Waals surface area contributed by atoms with E-state index in [1.807, 2.05) is 18.2 Å². The van der Waals surface area contributed by atoms with Gasteiger partial charge in [-0.1, -0.05) is 12.1 Å². The average molecular weight is 408 g/mol. The molecule has 0 unspecified atom stereocenters. The number of benzene rings is 1. The van der Waals surface area contributed by atoms with E-state index in [4.69, 9.17) is 9.84 Å². The number of carbonyl (C=O) groups excluding carboxylic acids is 3. The number of aliphatic hydroxyl groups is 1. The van der Waals surface area contributed by atoms with Crippen molar-refractivity contribution in [3.63, 3.8) is 0 Å². The van der Waals surface area contributed by atoms with Crippen molar-refractivity contribution in [1.82, 2.24) is 10.2 Å². The first-order valence-electron chi connectivity index (χ1n) is 9.86. The fraction of sp³-hybridized carbons (Fsp3) is 0.571. The molecule has 29 heavy (non-hydrogen) atoms. The number of methoxy groups -OCH3 is 1. The third-order valence-corrected chi connectivity index (χ3v) is 4.30. The van der Waals surface area contributed by atoms with E-state index >= 15 is 0 Å². The number of carbonyl (C=O) groups is 3. The van der Waals surface area contributed by atoms with Crippen LogP contribution in [0.1, 0.15) is 37.7 Å². The van der Waals surface area contributed by atoms with Crippen LogP contribution in [0.2, 0.25) is 0 Å². The summed E-state index contributed by atoms with van der Waals surface area (Å²) >= 11 is 0. The molecular formula is C21H32N2O6. The van der Waals surface area contributed by atoms with Gasteiger partial charge in [-0.2, -0.15) is 0 Å². The second-order valence-corrected chi connectivity index (χ2v) is 6.73. The second-order valence-electron chi connectivity index (χ2n) is 6.73. The molecule has 0 aliphatic heterocycles. The molecule has 0 spiro atoms. The minimum atomic E-state index is -0.258. The van der Waals surface area contributed by atoms with Gasteiger partial charge in [0.25, 0.3) is 0 Å². The lowest BCUT2D eigenvalue weighted by Crippen LogP contribution is -2.39. The molecule has 0 radical (unpaired) electrons. The Kier molecular flexibility index (Phi) is 12.1. The number of nitrogens with zero attached hydrogens (tertiary/aromatic N) is 1. The van der Waals surface area contributed by atoms with Crippen molar-refractivity contribution < 1.29 is 29.0 Å². The van der Waals surface area contributed by atoms with Crippen LogP contribution in [0.3, 0.4) is 0 Å². The molecule has 0 saturated carbocycles. The summed E-state index contributed by atoms with van der Waals surface area (Å²) in [6, 6.07) is 7.26. The Morgan fingerprint density at radius 3 is 2.66 bits per heavy atom. The van der Waals surface area contributed by atoms with E-state index in [0.717, 1.165) is 12.0 Å². The summed E-state index contributed by atoms with van der Waals surface area (Å²) in [6.07, 6.45) is 3.28. The van der Waals surface area contributed by atoms with Gasteiger partial charge >= 0.3 is 5.97 Å². The van der Waals surface area contributed by atoms with Crippen LogP contribution in [0.5, 0.6) is 5.75 Å². The summed E-state index contributed by atoms with van der Waals surface area (Å²) in [7, 11) is 3.02. The van der Waals surface area contributed by atoms with Gasteiger partial charge in [0.2, 0.25) is 11.8 Å². The summed E-state index contributed by atoms with van der Waals surface area (Å²) < 4.78 is 10.2. The molecule has 0 atom stereocenters. The van der Waals surface area contributed by atoms with Gasteiger partial charge < -0.3 is 24.8 Å². The van der Waals surface area contributed by atoms with Crippen molar-refractivity contribution in [1.29, 1.82) is 0 Å². The lowest BCUT2D eigenvalue weighted by molar-refractivity contribution is -0.140. The van der Waals surface area contributed by atoms with Crippen molar-refractivity contribution in [2.24, 2.45) is 0 Å². The largest absolute Gasteiger partial charge is 0.494 e. The van der Waals surface area contributed by atoms with Crippen LogP contribution in [0.4, 0.5) is 0 Å². The third kappa shape index (κ3) is 11.1. The fourth-order valence-electron chi connectivity index (χ4n) is 2.55. The predicted molar refractivity (Wildman–Crippen MR) is 108 cm³/mol. The molecule has 1 rings (SSSR count). The number of esters is 1. The molecule has 2 amide bonds. The van der Waals surface area contributed by atoms with Gasteiger partial charge in [0.15, 0.2) is 0 Å². The first-order valence-corrected chi connectivity index (χ1v) is 9.86. The number of ether oxygens (including phenoxy) is 2. The van der Waals surface area contributed by atoms with Gasteiger partial charge in [-0.05, 0) is 43.4 Å². The molecule has 0 bridgehead atoms. The van der Waals surface area contributed by atoms with E-state index in [-0.39, 0.29) is 37.4 Å². The standard InChI is InChI=1S/C21H32N2O6/c1-23(11-4-3-10-21(27)28-2)20(26)16-22-19(25)15-17-8-7-9-18(14-17)29-13-6-5-12-24/h7-9,14,24H,3-6,10-13,15-16H2,1-2H3,(H,22,25). The summed E-state index contributed by atoms with van der Waals surface area (Å²) in [5, 5.41) is 11.4. The SMILES string of the molecule is COC(=O)CCCCN(C)C(=O)CNC(=O)Cc1cccc(OCCCCO)c1. The molecule has 1 aromatic rings. The minimum absolute atomic E-state index is 0.0658. The molecule has 162 valence electrons. The van der Waals surface area contributed by atoms with Crippen LogP contribution in [0.25, 0.3) is 0 Å². The van der Waals surface area contributed by atoms with Crippen LogP contribution in [-0.4, -0.2) is 68.3 Å².